The molecule has 0 radical (unpaired) electrons. The highest BCUT2D eigenvalue weighted by atomic mass is 79.9. The van der Waals surface area contributed by atoms with Gasteiger partial charge in [-0.05, 0) is 45.6 Å². The number of hydrogen-bond acceptors (Lipinski definition) is 2. The van der Waals surface area contributed by atoms with E-state index >= 15 is 0 Å². The van der Waals surface area contributed by atoms with Gasteiger partial charge in [0.1, 0.15) is 0 Å². The van der Waals surface area contributed by atoms with Crippen LogP contribution >= 0.6 is 27.7 Å². The number of aliphatic hydroxyl groups is 1. The Labute approximate surface area is 127 Å². The van der Waals surface area contributed by atoms with Gasteiger partial charge in [0.2, 0.25) is 0 Å². The van der Waals surface area contributed by atoms with Crippen LogP contribution in [0.15, 0.2) is 57.9 Å². The average molecular weight is 337 g/mol. The van der Waals surface area contributed by atoms with Gasteiger partial charge in [-0.1, -0.05) is 43.3 Å². The minimum atomic E-state index is -0.427. The van der Waals surface area contributed by atoms with Crippen LogP contribution in [-0.2, 0) is 6.42 Å². The maximum atomic E-state index is 10.3. The summed E-state index contributed by atoms with van der Waals surface area (Å²) in [7, 11) is 0. The number of rotatable bonds is 5. The molecule has 1 unspecified atom stereocenters. The van der Waals surface area contributed by atoms with E-state index in [1.807, 2.05) is 30.3 Å². The first-order valence-corrected chi connectivity index (χ1v) is 8.12. The zero-order valence-electron chi connectivity index (χ0n) is 10.8. The first-order chi connectivity index (χ1) is 9.20. The highest BCUT2D eigenvalue weighted by molar-refractivity contribution is 9.10. The molecule has 2 rings (SSSR count). The van der Waals surface area contributed by atoms with Crippen molar-refractivity contribution >= 4 is 27.7 Å². The Bertz CT molecular complexity index is 542. The first-order valence-electron chi connectivity index (χ1n) is 6.35. The fraction of sp³-hybridized carbons (Fsp3) is 0.250. The summed E-state index contributed by atoms with van der Waals surface area (Å²) in [5.74, 6) is 0.662. The van der Waals surface area contributed by atoms with E-state index in [2.05, 4.69) is 41.1 Å². The molecule has 0 saturated carbocycles. The zero-order valence-corrected chi connectivity index (χ0v) is 13.2. The molecule has 19 heavy (non-hydrogen) atoms. The Balaban J connectivity index is 2.01. The lowest BCUT2D eigenvalue weighted by Crippen LogP contribution is -2.01. The second-order valence-electron chi connectivity index (χ2n) is 4.36. The topological polar surface area (TPSA) is 20.2 Å². The summed E-state index contributed by atoms with van der Waals surface area (Å²) in [5.41, 5.74) is 2.27. The molecule has 0 amide bonds. The van der Waals surface area contributed by atoms with Crippen LogP contribution in [0.25, 0.3) is 0 Å². The van der Waals surface area contributed by atoms with Crippen LogP contribution in [0.5, 0.6) is 0 Å². The van der Waals surface area contributed by atoms with E-state index in [0.29, 0.717) is 5.75 Å². The van der Waals surface area contributed by atoms with Gasteiger partial charge in [-0.25, -0.2) is 0 Å². The summed E-state index contributed by atoms with van der Waals surface area (Å²) in [4.78, 5) is 1.16. The number of hydrogen-bond donors (Lipinski definition) is 1. The van der Waals surface area contributed by atoms with Crippen molar-refractivity contribution in [3.8, 4) is 0 Å². The van der Waals surface area contributed by atoms with Crippen molar-refractivity contribution in [1.82, 2.24) is 0 Å². The molecule has 0 heterocycles. The highest BCUT2D eigenvalue weighted by Crippen LogP contribution is 2.30. The van der Waals surface area contributed by atoms with E-state index in [1.165, 1.54) is 5.56 Å². The van der Waals surface area contributed by atoms with Crippen molar-refractivity contribution in [2.24, 2.45) is 0 Å². The molecule has 0 aliphatic heterocycles. The normalized spacial score (nSPS) is 12.4. The molecule has 2 aromatic rings. The van der Waals surface area contributed by atoms with E-state index < -0.39 is 6.10 Å². The molecule has 1 atom stereocenters. The maximum Gasteiger partial charge on any atom is 0.0884 e. The summed E-state index contributed by atoms with van der Waals surface area (Å²) in [5, 5.41) is 10.3. The van der Waals surface area contributed by atoms with E-state index in [4.69, 9.17) is 0 Å². The van der Waals surface area contributed by atoms with Crippen LogP contribution in [0.1, 0.15) is 24.2 Å². The lowest BCUT2D eigenvalue weighted by Gasteiger charge is -2.12. The average Bonchev–Trinajstić information content (AvgIpc) is 2.46. The third-order valence-electron chi connectivity index (χ3n) is 2.98. The Morgan fingerprint density at radius 1 is 1.16 bits per heavy atom. The lowest BCUT2D eigenvalue weighted by molar-refractivity contribution is 0.204. The van der Waals surface area contributed by atoms with Crippen molar-refractivity contribution in [3.63, 3.8) is 0 Å². The third-order valence-corrected chi connectivity index (χ3v) is 5.08. The molecule has 100 valence electrons. The Morgan fingerprint density at radius 3 is 2.68 bits per heavy atom. The van der Waals surface area contributed by atoms with Crippen molar-refractivity contribution in [2.45, 2.75) is 24.3 Å². The standard InChI is InChI=1S/C16H17BrOS/c1-2-12-6-5-7-13(10-12)15(18)11-19-16-9-4-3-8-14(16)17/h3-10,15,18H,2,11H2,1H3. The van der Waals surface area contributed by atoms with Gasteiger partial charge in [-0.15, -0.1) is 11.8 Å². The van der Waals surface area contributed by atoms with Crippen LogP contribution in [-0.4, -0.2) is 10.9 Å². The molecular formula is C16H17BrOS. The van der Waals surface area contributed by atoms with E-state index in [0.717, 1.165) is 21.4 Å². The number of benzene rings is 2. The fourth-order valence-corrected chi connectivity index (χ4v) is 3.39. The minimum absolute atomic E-state index is 0.427. The Kier molecular flexibility index (Phi) is 5.49. The molecule has 0 saturated heterocycles. The number of aryl methyl sites for hydroxylation is 1. The van der Waals surface area contributed by atoms with E-state index in [1.54, 1.807) is 11.8 Å². The summed E-state index contributed by atoms with van der Waals surface area (Å²) in [6.45, 7) is 2.13. The van der Waals surface area contributed by atoms with E-state index in [-0.39, 0.29) is 0 Å². The molecule has 1 N–H and O–H groups in total. The van der Waals surface area contributed by atoms with Crippen molar-refractivity contribution in [3.05, 3.63) is 64.1 Å². The fourth-order valence-electron chi connectivity index (χ4n) is 1.85. The quantitative estimate of drug-likeness (QED) is 0.788. The predicted octanol–water partition coefficient (Wildman–Crippen LogP) is 4.84. The number of thioether (sulfide) groups is 1. The van der Waals surface area contributed by atoms with Crippen LogP contribution in [0.3, 0.4) is 0 Å². The van der Waals surface area contributed by atoms with Crippen LogP contribution in [0.2, 0.25) is 0 Å². The molecule has 0 fully saturated rings. The lowest BCUT2D eigenvalue weighted by atomic mass is 10.1. The van der Waals surface area contributed by atoms with Crippen LogP contribution in [0.4, 0.5) is 0 Å². The SMILES string of the molecule is CCc1cccc(C(O)CSc2ccccc2Br)c1. The van der Waals surface area contributed by atoms with Crippen molar-refractivity contribution < 1.29 is 5.11 Å². The molecule has 0 aromatic heterocycles. The summed E-state index contributed by atoms with van der Waals surface area (Å²) in [6, 6.07) is 16.3. The van der Waals surface area contributed by atoms with E-state index in [9.17, 15) is 5.11 Å². The molecule has 0 bridgehead atoms. The molecule has 1 nitrogen and oxygen atoms in total. The zero-order chi connectivity index (χ0) is 13.7. The monoisotopic (exact) mass is 336 g/mol. The van der Waals surface area contributed by atoms with Gasteiger partial charge in [-0.3, -0.25) is 0 Å². The largest absolute Gasteiger partial charge is 0.388 e. The van der Waals surface area contributed by atoms with Gasteiger partial charge >= 0.3 is 0 Å². The van der Waals surface area contributed by atoms with Crippen LogP contribution < -0.4 is 0 Å². The molecule has 0 aliphatic carbocycles. The molecule has 2 aromatic carbocycles. The third kappa shape index (κ3) is 4.10. The summed E-state index contributed by atoms with van der Waals surface area (Å²) in [6.07, 6.45) is 0.571. The molecule has 3 heteroatoms. The maximum absolute atomic E-state index is 10.3. The predicted molar refractivity (Wildman–Crippen MR) is 85.6 cm³/mol. The van der Waals surface area contributed by atoms with Gasteiger partial charge in [0, 0.05) is 15.1 Å². The molecule has 0 aliphatic rings. The van der Waals surface area contributed by atoms with Gasteiger partial charge in [0.25, 0.3) is 0 Å². The number of aliphatic hydroxyl groups excluding tert-OH is 1. The second kappa shape index (κ2) is 7.13. The minimum Gasteiger partial charge on any atom is -0.388 e. The van der Waals surface area contributed by atoms with Crippen molar-refractivity contribution in [2.75, 3.05) is 5.75 Å². The van der Waals surface area contributed by atoms with Gasteiger partial charge in [0.15, 0.2) is 0 Å². The van der Waals surface area contributed by atoms with Crippen LogP contribution in [0, 0.1) is 0 Å². The highest BCUT2D eigenvalue weighted by Gasteiger charge is 2.09. The molecular weight excluding hydrogens is 320 g/mol. The summed E-state index contributed by atoms with van der Waals surface area (Å²) >= 11 is 5.19. The first kappa shape index (κ1) is 14.6. The van der Waals surface area contributed by atoms with Gasteiger partial charge in [0.05, 0.1) is 6.10 Å². The number of halogens is 1. The van der Waals surface area contributed by atoms with Gasteiger partial charge < -0.3 is 5.11 Å². The Hall–Kier alpha value is -0.770. The van der Waals surface area contributed by atoms with Gasteiger partial charge in [-0.2, -0.15) is 0 Å². The summed E-state index contributed by atoms with van der Waals surface area (Å²) < 4.78 is 1.08. The van der Waals surface area contributed by atoms with Crippen molar-refractivity contribution in [1.29, 1.82) is 0 Å². The Morgan fingerprint density at radius 2 is 1.95 bits per heavy atom. The molecule has 0 spiro atoms. The second-order valence-corrected chi connectivity index (χ2v) is 6.27. The smallest absolute Gasteiger partial charge is 0.0884 e.